The molecule has 31 heavy (non-hydrogen) atoms. The number of aryl methyl sites for hydroxylation is 1. The highest BCUT2D eigenvalue weighted by Gasteiger charge is 2.43. The van der Waals surface area contributed by atoms with E-state index in [0.29, 0.717) is 13.1 Å². The fourth-order valence-electron chi connectivity index (χ4n) is 4.30. The van der Waals surface area contributed by atoms with Crippen LogP contribution in [-0.4, -0.2) is 35.3 Å². The summed E-state index contributed by atoms with van der Waals surface area (Å²) in [6, 6.07) is 16.7. The molecule has 2 heterocycles. The van der Waals surface area contributed by atoms with E-state index in [0.717, 1.165) is 42.6 Å². The van der Waals surface area contributed by atoms with E-state index in [1.807, 2.05) is 23.1 Å². The Balaban J connectivity index is 1.33. The molecule has 164 valence electrons. The van der Waals surface area contributed by atoms with Crippen LogP contribution in [0.5, 0.6) is 0 Å². The molecule has 0 atom stereocenters. The Morgan fingerprint density at radius 1 is 1.13 bits per heavy atom. The molecule has 2 aromatic carbocycles. The van der Waals surface area contributed by atoms with Gasteiger partial charge < -0.3 is 15.1 Å². The summed E-state index contributed by atoms with van der Waals surface area (Å²) in [5.74, 6) is 0. The van der Waals surface area contributed by atoms with E-state index < -0.39 is 0 Å². The standard InChI is InChI=1S/C26H33N3O2/c1-5-19-7-6-8-22(17-19)27-24(30)29-15-13-26(14-16-29)18-23(28-31-26)20-9-11-21(12-10-20)25(2,3)4/h6-12,17H,5,13-16,18H2,1-4H3,(H,27,30). The molecule has 0 saturated carbocycles. The molecule has 0 radical (unpaired) electrons. The topological polar surface area (TPSA) is 53.9 Å². The normalized spacial score (nSPS) is 17.9. The zero-order valence-electron chi connectivity index (χ0n) is 19.1. The molecule has 2 aromatic rings. The van der Waals surface area contributed by atoms with Crippen LogP contribution >= 0.6 is 0 Å². The van der Waals surface area contributed by atoms with Gasteiger partial charge in [0, 0.05) is 38.0 Å². The van der Waals surface area contributed by atoms with Crippen molar-refractivity contribution in [2.24, 2.45) is 5.16 Å². The Labute approximate surface area is 185 Å². The number of carbonyl (C=O) groups excluding carboxylic acids is 1. The van der Waals surface area contributed by atoms with E-state index in [-0.39, 0.29) is 17.0 Å². The minimum atomic E-state index is -0.281. The van der Waals surface area contributed by atoms with Crippen LogP contribution in [0.3, 0.4) is 0 Å². The molecule has 1 fully saturated rings. The van der Waals surface area contributed by atoms with Crippen LogP contribution in [0.25, 0.3) is 0 Å². The molecule has 1 spiro atoms. The lowest BCUT2D eigenvalue weighted by atomic mass is 9.84. The Kier molecular flexibility index (Phi) is 5.78. The van der Waals surface area contributed by atoms with E-state index in [1.54, 1.807) is 0 Å². The van der Waals surface area contributed by atoms with Gasteiger partial charge in [-0.15, -0.1) is 0 Å². The largest absolute Gasteiger partial charge is 0.388 e. The number of urea groups is 1. The average Bonchev–Trinajstić information content (AvgIpc) is 3.17. The van der Waals surface area contributed by atoms with Crippen molar-refractivity contribution in [1.82, 2.24) is 4.90 Å². The molecule has 1 saturated heterocycles. The maximum Gasteiger partial charge on any atom is 0.321 e. The molecular weight excluding hydrogens is 386 g/mol. The van der Waals surface area contributed by atoms with Gasteiger partial charge in [0.2, 0.25) is 0 Å². The molecule has 5 heteroatoms. The zero-order chi connectivity index (χ0) is 22.1. The number of nitrogens with zero attached hydrogens (tertiary/aromatic N) is 2. The second-order valence-electron chi connectivity index (χ2n) is 9.79. The summed E-state index contributed by atoms with van der Waals surface area (Å²) < 4.78 is 0. The van der Waals surface area contributed by atoms with Crippen molar-refractivity contribution in [2.75, 3.05) is 18.4 Å². The van der Waals surface area contributed by atoms with E-state index in [2.05, 4.69) is 68.5 Å². The van der Waals surface area contributed by atoms with Crippen molar-refractivity contribution < 1.29 is 9.63 Å². The van der Waals surface area contributed by atoms with Crippen LogP contribution in [0, 0.1) is 0 Å². The summed E-state index contributed by atoms with van der Waals surface area (Å²) in [7, 11) is 0. The maximum absolute atomic E-state index is 12.7. The molecule has 1 N–H and O–H groups in total. The van der Waals surface area contributed by atoms with E-state index >= 15 is 0 Å². The number of hydrogen-bond acceptors (Lipinski definition) is 3. The van der Waals surface area contributed by atoms with Gasteiger partial charge in [-0.1, -0.05) is 69.2 Å². The predicted molar refractivity (Wildman–Crippen MR) is 126 cm³/mol. The fraction of sp³-hybridized carbons (Fsp3) is 0.462. The van der Waals surface area contributed by atoms with Crippen LogP contribution < -0.4 is 5.32 Å². The van der Waals surface area contributed by atoms with Gasteiger partial charge in [0.05, 0.1) is 5.71 Å². The van der Waals surface area contributed by atoms with Gasteiger partial charge in [-0.3, -0.25) is 0 Å². The average molecular weight is 420 g/mol. The second kappa shape index (κ2) is 8.37. The van der Waals surface area contributed by atoms with Crippen molar-refractivity contribution in [3.63, 3.8) is 0 Å². The summed E-state index contributed by atoms with van der Waals surface area (Å²) >= 11 is 0. The molecule has 5 nitrogen and oxygen atoms in total. The quantitative estimate of drug-likeness (QED) is 0.690. The van der Waals surface area contributed by atoms with E-state index in [9.17, 15) is 4.79 Å². The van der Waals surface area contributed by atoms with Crippen molar-refractivity contribution in [2.45, 2.75) is 64.4 Å². The van der Waals surface area contributed by atoms with Gasteiger partial charge >= 0.3 is 6.03 Å². The molecule has 0 unspecified atom stereocenters. The maximum atomic E-state index is 12.7. The third kappa shape index (κ3) is 4.76. The minimum absolute atomic E-state index is 0.0417. The number of piperidine rings is 1. The number of hydrogen-bond donors (Lipinski definition) is 1. The molecule has 0 aliphatic carbocycles. The van der Waals surface area contributed by atoms with Crippen molar-refractivity contribution in [1.29, 1.82) is 0 Å². The third-order valence-electron chi connectivity index (χ3n) is 6.47. The first kappa shape index (κ1) is 21.4. The summed E-state index contributed by atoms with van der Waals surface area (Å²) in [4.78, 5) is 20.5. The SMILES string of the molecule is CCc1cccc(NC(=O)N2CCC3(CC2)CC(c2ccc(C(C)(C)C)cc2)=NO3)c1. The van der Waals surface area contributed by atoms with Crippen molar-refractivity contribution in [3.8, 4) is 0 Å². The Hall–Kier alpha value is -2.82. The zero-order valence-corrected chi connectivity index (χ0v) is 19.1. The number of oxime groups is 1. The van der Waals surface area contributed by atoms with Crippen molar-refractivity contribution >= 4 is 17.4 Å². The van der Waals surface area contributed by atoms with Gasteiger partial charge in [-0.25, -0.2) is 4.79 Å². The lowest BCUT2D eigenvalue weighted by Crippen LogP contribution is -2.48. The minimum Gasteiger partial charge on any atom is -0.388 e. The number of likely N-dealkylation sites (tertiary alicyclic amines) is 1. The number of benzene rings is 2. The third-order valence-corrected chi connectivity index (χ3v) is 6.47. The summed E-state index contributed by atoms with van der Waals surface area (Å²) in [5.41, 5.74) is 5.38. The molecule has 0 bridgehead atoms. The number of amides is 2. The number of nitrogens with one attached hydrogen (secondary N) is 1. The molecule has 0 aromatic heterocycles. The smallest absolute Gasteiger partial charge is 0.321 e. The van der Waals surface area contributed by atoms with Crippen LogP contribution in [-0.2, 0) is 16.7 Å². The summed E-state index contributed by atoms with van der Waals surface area (Å²) in [6.07, 6.45) is 3.34. The molecule has 2 amide bonds. The number of carbonyl (C=O) groups is 1. The highest BCUT2D eigenvalue weighted by molar-refractivity contribution is 6.01. The van der Waals surface area contributed by atoms with Gasteiger partial charge in [0.25, 0.3) is 0 Å². The number of anilines is 1. The monoisotopic (exact) mass is 419 g/mol. The highest BCUT2D eigenvalue weighted by atomic mass is 16.7. The first-order valence-corrected chi connectivity index (χ1v) is 11.3. The Bertz CT molecular complexity index is 965. The molecular formula is C26H33N3O2. The first-order valence-electron chi connectivity index (χ1n) is 11.3. The van der Waals surface area contributed by atoms with E-state index in [4.69, 9.17) is 4.84 Å². The fourth-order valence-corrected chi connectivity index (χ4v) is 4.30. The van der Waals surface area contributed by atoms with Gasteiger partial charge in [0.1, 0.15) is 5.60 Å². The second-order valence-corrected chi connectivity index (χ2v) is 9.79. The van der Waals surface area contributed by atoms with Gasteiger partial charge in [-0.05, 0) is 40.7 Å². The van der Waals surface area contributed by atoms with Crippen LogP contribution in [0.2, 0.25) is 0 Å². The summed E-state index contributed by atoms with van der Waals surface area (Å²) in [5, 5.41) is 7.46. The molecule has 2 aliphatic heterocycles. The summed E-state index contributed by atoms with van der Waals surface area (Å²) in [6.45, 7) is 10.1. The first-order chi connectivity index (χ1) is 14.8. The van der Waals surface area contributed by atoms with Crippen molar-refractivity contribution in [3.05, 3.63) is 65.2 Å². The van der Waals surface area contributed by atoms with Crippen LogP contribution in [0.1, 0.15) is 63.6 Å². The van der Waals surface area contributed by atoms with Crippen LogP contribution in [0.4, 0.5) is 10.5 Å². The Morgan fingerprint density at radius 2 is 1.84 bits per heavy atom. The number of rotatable bonds is 3. The van der Waals surface area contributed by atoms with Gasteiger partial charge in [-0.2, -0.15) is 0 Å². The predicted octanol–water partition coefficient (Wildman–Crippen LogP) is 5.74. The molecule has 4 rings (SSSR count). The lowest BCUT2D eigenvalue weighted by molar-refractivity contribution is -0.0544. The van der Waals surface area contributed by atoms with Gasteiger partial charge in [0.15, 0.2) is 0 Å². The van der Waals surface area contributed by atoms with Crippen LogP contribution in [0.15, 0.2) is 53.7 Å². The lowest BCUT2D eigenvalue weighted by Gasteiger charge is -2.37. The highest BCUT2D eigenvalue weighted by Crippen LogP contribution is 2.36. The Morgan fingerprint density at radius 3 is 2.48 bits per heavy atom. The molecule has 2 aliphatic rings. The van der Waals surface area contributed by atoms with E-state index in [1.165, 1.54) is 11.1 Å².